The molecule has 0 aromatic heterocycles. The molecule has 0 saturated carbocycles. The van der Waals surface area contributed by atoms with E-state index in [1.54, 1.807) is 7.05 Å². The molecule has 0 fully saturated rings. The van der Waals surface area contributed by atoms with E-state index >= 15 is 0 Å². The summed E-state index contributed by atoms with van der Waals surface area (Å²) in [5.74, 6) is 0.300. The Labute approximate surface area is 121 Å². The largest absolute Gasteiger partial charge is 0.360 e. The second-order valence-corrected chi connectivity index (χ2v) is 5.08. The molecule has 0 bridgehead atoms. The molecule has 0 aliphatic heterocycles. The van der Waals surface area contributed by atoms with Crippen LogP contribution < -0.4 is 10.6 Å². The summed E-state index contributed by atoms with van der Waals surface area (Å²) < 4.78 is 1.03. The topological polar surface area (TPSA) is 47.9 Å². The van der Waals surface area contributed by atoms with E-state index in [-0.39, 0.29) is 6.04 Å². The van der Waals surface area contributed by atoms with Gasteiger partial charge < -0.3 is 10.6 Å². The molecule has 19 heavy (non-hydrogen) atoms. The molecule has 4 heteroatoms. The molecule has 3 nitrogen and oxygen atoms in total. The number of hydrogen-bond acceptors (Lipinski definition) is 1. The van der Waals surface area contributed by atoms with Crippen LogP contribution in [-0.4, -0.2) is 13.0 Å². The molecule has 1 atom stereocenters. The Morgan fingerprint density at radius 2 is 1.74 bits per heavy atom. The van der Waals surface area contributed by atoms with E-state index in [0.717, 1.165) is 15.6 Å². The van der Waals surface area contributed by atoms with Crippen LogP contribution in [-0.2, 0) is 0 Å². The summed E-state index contributed by atoms with van der Waals surface area (Å²) in [5.41, 5.74) is 2.24. The normalized spacial score (nSPS) is 11.7. The van der Waals surface area contributed by atoms with Crippen LogP contribution in [0.4, 0.5) is 0 Å². The SMILES string of the molecule is CNC(=N)NC(c1ccccc1)c1cccc(Br)c1. The molecule has 0 aliphatic carbocycles. The molecule has 2 aromatic carbocycles. The van der Waals surface area contributed by atoms with Crippen molar-refractivity contribution in [2.24, 2.45) is 0 Å². The number of guanidine groups is 1. The predicted octanol–water partition coefficient (Wildman–Crippen LogP) is 3.28. The number of hydrogen-bond donors (Lipinski definition) is 3. The Kier molecular flexibility index (Phi) is 4.58. The maximum atomic E-state index is 7.79. The fraction of sp³-hybridized carbons (Fsp3) is 0.133. The number of rotatable bonds is 3. The summed E-state index contributed by atoms with van der Waals surface area (Å²) in [6.45, 7) is 0. The third kappa shape index (κ3) is 3.58. The molecule has 0 radical (unpaired) electrons. The Hall–Kier alpha value is -1.81. The van der Waals surface area contributed by atoms with Gasteiger partial charge in [-0.3, -0.25) is 5.41 Å². The quantitative estimate of drug-likeness (QED) is 0.601. The van der Waals surface area contributed by atoms with Gasteiger partial charge in [0.2, 0.25) is 0 Å². The van der Waals surface area contributed by atoms with Gasteiger partial charge in [-0.25, -0.2) is 0 Å². The van der Waals surface area contributed by atoms with Gasteiger partial charge in [0, 0.05) is 11.5 Å². The molecule has 0 amide bonds. The molecule has 0 spiro atoms. The van der Waals surface area contributed by atoms with Crippen LogP contribution in [0, 0.1) is 5.41 Å². The van der Waals surface area contributed by atoms with Crippen molar-refractivity contribution < 1.29 is 0 Å². The van der Waals surface area contributed by atoms with Gasteiger partial charge in [-0.05, 0) is 23.3 Å². The molecule has 98 valence electrons. The number of halogens is 1. The minimum atomic E-state index is -0.0429. The molecule has 1 unspecified atom stereocenters. The van der Waals surface area contributed by atoms with E-state index in [1.165, 1.54) is 0 Å². The number of nitrogens with one attached hydrogen (secondary N) is 3. The van der Waals surface area contributed by atoms with Crippen LogP contribution in [0.5, 0.6) is 0 Å². The second kappa shape index (κ2) is 6.38. The van der Waals surface area contributed by atoms with Gasteiger partial charge in [0.15, 0.2) is 5.96 Å². The zero-order valence-electron chi connectivity index (χ0n) is 10.7. The molecule has 2 rings (SSSR count). The summed E-state index contributed by atoms with van der Waals surface area (Å²) in [5, 5.41) is 13.8. The standard InChI is InChI=1S/C15H16BrN3/c1-18-15(17)19-14(11-6-3-2-4-7-11)12-8-5-9-13(16)10-12/h2-10,14H,1H3,(H3,17,18,19). The first-order chi connectivity index (χ1) is 9.20. The average Bonchev–Trinajstić information content (AvgIpc) is 2.45. The summed E-state index contributed by atoms with van der Waals surface area (Å²) >= 11 is 3.49. The van der Waals surface area contributed by atoms with Crippen molar-refractivity contribution in [2.45, 2.75) is 6.04 Å². The van der Waals surface area contributed by atoms with E-state index in [2.05, 4.69) is 50.8 Å². The van der Waals surface area contributed by atoms with Crippen molar-refractivity contribution in [2.75, 3.05) is 7.05 Å². The van der Waals surface area contributed by atoms with E-state index in [1.807, 2.05) is 30.3 Å². The Morgan fingerprint density at radius 1 is 1.05 bits per heavy atom. The summed E-state index contributed by atoms with van der Waals surface area (Å²) in [4.78, 5) is 0. The van der Waals surface area contributed by atoms with Crippen LogP contribution in [0.15, 0.2) is 59.1 Å². The molecular weight excluding hydrogens is 302 g/mol. The van der Waals surface area contributed by atoms with Crippen molar-refractivity contribution in [1.82, 2.24) is 10.6 Å². The van der Waals surface area contributed by atoms with E-state index in [0.29, 0.717) is 5.96 Å². The van der Waals surface area contributed by atoms with E-state index in [4.69, 9.17) is 5.41 Å². The smallest absolute Gasteiger partial charge is 0.188 e. The van der Waals surface area contributed by atoms with Gasteiger partial charge >= 0.3 is 0 Å². The van der Waals surface area contributed by atoms with Crippen molar-refractivity contribution >= 4 is 21.9 Å². The lowest BCUT2D eigenvalue weighted by molar-refractivity contribution is 0.736. The minimum Gasteiger partial charge on any atom is -0.360 e. The first-order valence-electron chi connectivity index (χ1n) is 6.04. The second-order valence-electron chi connectivity index (χ2n) is 4.17. The van der Waals surface area contributed by atoms with Crippen LogP contribution in [0.25, 0.3) is 0 Å². The highest BCUT2D eigenvalue weighted by Gasteiger charge is 2.14. The van der Waals surface area contributed by atoms with Gasteiger partial charge in [-0.1, -0.05) is 58.4 Å². The number of benzene rings is 2. The Balaban J connectivity index is 2.37. The third-order valence-corrected chi connectivity index (χ3v) is 3.35. The van der Waals surface area contributed by atoms with Gasteiger partial charge in [-0.2, -0.15) is 0 Å². The predicted molar refractivity (Wildman–Crippen MR) is 82.3 cm³/mol. The fourth-order valence-corrected chi connectivity index (χ4v) is 2.32. The fourth-order valence-electron chi connectivity index (χ4n) is 1.91. The van der Waals surface area contributed by atoms with Crippen molar-refractivity contribution in [3.63, 3.8) is 0 Å². The molecular formula is C15H16BrN3. The molecule has 3 N–H and O–H groups in total. The third-order valence-electron chi connectivity index (χ3n) is 2.85. The first-order valence-corrected chi connectivity index (χ1v) is 6.83. The molecule has 0 aliphatic rings. The molecule has 0 saturated heterocycles. The highest BCUT2D eigenvalue weighted by Crippen LogP contribution is 2.24. The average molecular weight is 318 g/mol. The summed E-state index contributed by atoms with van der Waals surface area (Å²) in [6, 6.07) is 18.2. The zero-order valence-corrected chi connectivity index (χ0v) is 12.2. The van der Waals surface area contributed by atoms with Crippen LogP contribution in [0.3, 0.4) is 0 Å². The Morgan fingerprint density at radius 3 is 2.37 bits per heavy atom. The van der Waals surface area contributed by atoms with Gasteiger partial charge in [0.1, 0.15) is 0 Å². The molecule has 2 aromatic rings. The lowest BCUT2D eigenvalue weighted by atomic mass is 9.99. The monoisotopic (exact) mass is 317 g/mol. The van der Waals surface area contributed by atoms with Crippen LogP contribution in [0.2, 0.25) is 0 Å². The lowest BCUT2D eigenvalue weighted by Gasteiger charge is -2.21. The van der Waals surface area contributed by atoms with Gasteiger partial charge in [0.25, 0.3) is 0 Å². The van der Waals surface area contributed by atoms with Crippen LogP contribution in [0.1, 0.15) is 17.2 Å². The zero-order chi connectivity index (χ0) is 13.7. The lowest BCUT2D eigenvalue weighted by Crippen LogP contribution is -2.37. The van der Waals surface area contributed by atoms with Gasteiger partial charge in [-0.15, -0.1) is 0 Å². The molecule has 0 heterocycles. The van der Waals surface area contributed by atoms with Crippen molar-refractivity contribution in [3.05, 3.63) is 70.2 Å². The highest BCUT2D eigenvalue weighted by molar-refractivity contribution is 9.10. The van der Waals surface area contributed by atoms with Gasteiger partial charge in [0.05, 0.1) is 6.04 Å². The highest BCUT2D eigenvalue weighted by atomic mass is 79.9. The maximum Gasteiger partial charge on any atom is 0.188 e. The maximum absolute atomic E-state index is 7.79. The van der Waals surface area contributed by atoms with Crippen molar-refractivity contribution in [1.29, 1.82) is 5.41 Å². The summed E-state index contributed by atoms with van der Waals surface area (Å²) in [7, 11) is 1.73. The van der Waals surface area contributed by atoms with E-state index < -0.39 is 0 Å². The summed E-state index contributed by atoms with van der Waals surface area (Å²) in [6.07, 6.45) is 0. The first kappa shape index (κ1) is 13.6. The Bertz CT molecular complexity index is 554. The van der Waals surface area contributed by atoms with Crippen molar-refractivity contribution in [3.8, 4) is 0 Å². The van der Waals surface area contributed by atoms with Crippen LogP contribution >= 0.6 is 15.9 Å². The minimum absolute atomic E-state index is 0.0429. The van der Waals surface area contributed by atoms with E-state index in [9.17, 15) is 0 Å².